The van der Waals surface area contributed by atoms with Crippen LogP contribution in [0.2, 0.25) is 0 Å². The lowest BCUT2D eigenvalue weighted by molar-refractivity contribution is 0.494. The molecular formula is C16H23N3. The zero-order valence-corrected chi connectivity index (χ0v) is 12.2. The molecular weight excluding hydrogens is 234 g/mol. The molecule has 0 fully saturated rings. The Balaban J connectivity index is 2.01. The molecule has 0 bridgehead atoms. The number of nitrogens with one attached hydrogen (secondary N) is 1. The Hall–Kier alpha value is -1.61. The summed E-state index contributed by atoms with van der Waals surface area (Å²) in [6.07, 6.45) is 4.06. The number of benzene rings is 1. The van der Waals surface area contributed by atoms with Gasteiger partial charge >= 0.3 is 0 Å². The van der Waals surface area contributed by atoms with Gasteiger partial charge in [-0.2, -0.15) is 5.10 Å². The lowest BCUT2D eigenvalue weighted by atomic mass is 10.0. The van der Waals surface area contributed by atoms with Crippen LogP contribution in [0.5, 0.6) is 0 Å². The first kappa shape index (κ1) is 13.8. The number of aromatic nitrogens is 2. The normalized spacial score (nSPS) is 14.3. The minimum Gasteiger partial charge on any atom is -0.304 e. The Morgan fingerprint density at radius 1 is 1.11 bits per heavy atom. The second-order valence-electron chi connectivity index (χ2n) is 5.15. The fourth-order valence-electron chi connectivity index (χ4n) is 2.20. The van der Waals surface area contributed by atoms with Crippen molar-refractivity contribution in [1.82, 2.24) is 15.1 Å². The van der Waals surface area contributed by atoms with E-state index in [0.29, 0.717) is 12.1 Å². The Labute approximate surface area is 115 Å². The van der Waals surface area contributed by atoms with Gasteiger partial charge in [0.2, 0.25) is 0 Å². The van der Waals surface area contributed by atoms with Crippen LogP contribution in [0, 0.1) is 6.92 Å². The molecule has 2 aromatic rings. The summed E-state index contributed by atoms with van der Waals surface area (Å²) in [5.74, 6) is 0. The van der Waals surface area contributed by atoms with E-state index in [1.54, 1.807) is 0 Å². The molecule has 3 nitrogen and oxygen atoms in total. The topological polar surface area (TPSA) is 29.9 Å². The molecule has 0 radical (unpaired) electrons. The molecule has 0 saturated carbocycles. The fourth-order valence-corrected chi connectivity index (χ4v) is 2.20. The molecule has 2 atom stereocenters. The summed E-state index contributed by atoms with van der Waals surface area (Å²) in [5, 5.41) is 7.94. The maximum atomic E-state index is 4.32. The van der Waals surface area contributed by atoms with Crippen LogP contribution in [-0.4, -0.2) is 9.78 Å². The Morgan fingerprint density at radius 3 is 2.32 bits per heavy atom. The maximum absolute atomic E-state index is 4.32. The summed E-state index contributed by atoms with van der Waals surface area (Å²) in [6, 6.07) is 9.34. The lowest BCUT2D eigenvalue weighted by Gasteiger charge is -2.19. The first-order valence-electron chi connectivity index (χ1n) is 6.95. The molecule has 3 heteroatoms. The van der Waals surface area contributed by atoms with Crippen molar-refractivity contribution in [1.29, 1.82) is 0 Å². The van der Waals surface area contributed by atoms with Crippen LogP contribution in [0.3, 0.4) is 0 Å². The van der Waals surface area contributed by atoms with Gasteiger partial charge in [0.05, 0.1) is 6.20 Å². The van der Waals surface area contributed by atoms with Crippen LogP contribution < -0.4 is 5.32 Å². The molecule has 19 heavy (non-hydrogen) atoms. The molecule has 0 aliphatic heterocycles. The van der Waals surface area contributed by atoms with E-state index >= 15 is 0 Å². The Morgan fingerprint density at radius 2 is 1.74 bits per heavy atom. The molecule has 1 aromatic carbocycles. The summed E-state index contributed by atoms with van der Waals surface area (Å²) in [5.41, 5.74) is 3.86. The van der Waals surface area contributed by atoms with Gasteiger partial charge in [-0.25, -0.2) is 0 Å². The summed E-state index contributed by atoms with van der Waals surface area (Å²) in [6.45, 7) is 9.51. The molecule has 2 rings (SSSR count). The van der Waals surface area contributed by atoms with Crippen molar-refractivity contribution in [3.8, 4) is 0 Å². The third-order valence-electron chi connectivity index (χ3n) is 3.55. The predicted octanol–water partition coefficient (Wildman–Crippen LogP) is 3.62. The second kappa shape index (κ2) is 6.02. The highest BCUT2D eigenvalue weighted by molar-refractivity contribution is 5.24. The van der Waals surface area contributed by atoms with Gasteiger partial charge in [-0.1, -0.05) is 29.8 Å². The van der Waals surface area contributed by atoms with Crippen molar-refractivity contribution < 1.29 is 0 Å². The highest BCUT2D eigenvalue weighted by Gasteiger charge is 2.12. The van der Waals surface area contributed by atoms with Gasteiger partial charge in [-0.3, -0.25) is 4.68 Å². The van der Waals surface area contributed by atoms with Crippen LogP contribution in [-0.2, 0) is 6.54 Å². The van der Waals surface area contributed by atoms with Gasteiger partial charge < -0.3 is 5.32 Å². The zero-order chi connectivity index (χ0) is 13.8. The molecule has 1 heterocycles. The largest absolute Gasteiger partial charge is 0.304 e. The standard InChI is InChI=1S/C16H23N3/c1-5-19-11-16(10-17-19)14(4)18-13(3)15-8-6-12(2)7-9-15/h6-11,13-14,18H,5H2,1-4H3. The fraction of sp³-hybridized carbons (Fsp3) is 0.438. The van der Waals surface area contributed by atoms with E-state index in [0.717, 1.165) is 6.54 Å². The van der Waals surface area contributed by atoms with E-state index in [1.807, 2.05) is 10.9 Å². The van der Waals surface area contributed by atoms with Crippen molar-refractivity contribution in [2.75, 3.05) is 0 Å². The summed E-state index contributed by atoms with van der Waals surface area (Å²) in [4.78, 5) is 0. The first-order valence-corrected chi connectivity index (χ1v) is 6.95. The minimum absolute atomic E-state index is 0.302. The predicted molar refractivity (Wildman–Crippen MR) is 79.0 cm³/mol. The maximum Gasteiger partial charge on any atom is 0.0537 e. The van der Waals surface area contributed by atoms with E-state index in [2.05, 4.69) is 68.6 Å². The third kappa shape index (κ3) is 3.44. The van der Waals surface area contributed by atoms with Gasteiger partial charge in [-0.05, 0) is 33.3 Å². The summed E-state index contributed by atoms with van der Waals surface area (Å²) >= 11 is 0. The zero-order valence-electron chi connectivity index (χ0n) is 12.2. The average molecular weight is 257 g/mol. The molecule has 0 aliphatic carbocycles. The molecule has 102 valence electrons. The minimum atomic E-state index is 0.302. The van der Waals surface area contributed by atoms with E-state index in [9.17, 15) is 0 Å². The summed E-state index contributed by atoms with van der Waals surface area (Å²) < 4.78 is 1.96. The van der Waals surface area contributed by atoms with E-state index in [1.165, 1.54) is 16.7 Å². The molecule has 1 N–H and O–H groups in total. The highest BCUT2D eigenvalue weighted by Crippen LogP contribution is 2.19. The van der Waals surface area contributed by atoms with E-state index in [-0.39, 0.29) is 0 Å². The Bertz CT molecular complexity index is 513. The van der Waals surface area contributed by atoms with Crippen LogP contribution in [0.25, 0.3) is 0 Å². The van der Waals surface area contributed by atoms with Gasteiger partial charge in [0.1, 0.15) is 0 Å². The van der Waals surface area contributed by atoms with E-state index in [4.69, 9.17) is 0 Å². The van der Waals surface area contributed by atoms with Gasteiger partial charge in [0.25, 0.3) is 0 Å². The second-order valence-corrected chi connectivity index (χ2v) is 5.15. The SMILES string of the molecule is CCn1cc(C(C)NC(C)c2ccc(C)cc2)cn1. The van der Waals surface area contributed by atoms with Crippen LogP contribution in [0.15, 0.2) is 36.7 Å². The monoisotopic (exact) mass is 257 g/mol. The average Bonchev–Trinajstić information content (AvgIpc) is 2.88. The van der Waals surface area contributed by atoms with Crippen molar-refractivity contribution in [2.45, 2.75) is 46.3 Å². The van der Waals surface area contributed by atoms with Gasteiger partial charge in [0, 0.05) is 30.4 Å². The molecule has 0 spiro atoms. The van der Waals surface area contributed by atoms with E-state index < -0.39 is 0 Å². The van der Waals surface area contributed by atoms with Crippen LogP contribution >= 0.6 is 0 Å². The number of hydrogen-bond donors (Lipinski definition) is 1. The van der Waals surface area contributed by atoms with Crippen LogP contribution in [0.4, 0.5) is 0 Å². The highest BCUT2D eigenvalue weighted by atomic mass is 15.3. The number of nitrogens with zero attached hydrogens (tertiary/aromatic N) is 2. The molecule has 0 saturated heterocycles. The summed E-state index contributed by atoms with van der Waals surface area (Å²) in [7, 11) is 0. The molecule has 0 amide bonds. The number of rotatable bonds is 5. The molecule has 0 aliphatic rings. The van der Waals surface area contributed by atoms with Crippen LogP contribution in [0.1, 0.15) is 49.5 Å². The third-order valence-corrected chi connectivity index (χ3v) is 3.55. The van der Waals surface area contributed by atoms with Crippen molar-refractivity contribution in [3.05, 3.63) is 53.3 Å². The van der Waals surface area contributed by atoms with Crippen molar-refractivity contribution in [2.24, 2.45) is 0 Å². The van der Waals surface area contributed by atoms with Gasteiger partial charge in [0.15, 0.2) is 0 Å². The van der Waals surface area contributed by atoms with Gasteiger partial charge in [-0.15, -0.1) is 0 Å². The smallest absolute Gasteiger partial charge is 0.0537 e. The number of aryl methyl sites for hydroxylation is 2. The first-order chi connectivity index (χ1) is 9.10. The lowest BCUT2D eigenvalue weighted by Crippen LogP contribution is -2.22. The Kier molecular flexibility index (Phi) is 4.38. The number of hydrogen-bond acceptors (Lipinski definition) is 2. The van der Waals surface area contributed by atoms with Crippen molar-refractivity contribution in [3.63, 3.8) is 0 Å². The van der Waals surface area contributed by atoms with Crippen molar-refractivity contribution >= 4 is 0 Å². The molecule has 2 unspecified atom stereocenters. The quantitative estimate of drug-likeness (QED) is 0.886. The molecule has 1 aromatic heterocycles.